The van der Waals surface area contributed by atoms with Crippen LogP contribution >= 0.6 is 0 Å². The lowest BCUT2D eigenvalue weighted by Gasteiger charge is -2.29. The average molecular weight is 350 g/mol. The number of nitrogens with zero attached hydrogens (tertiary/aromatic N) is 4. The van der Waals surface area contributed by atoms with Crippen LogP contribution in [0.4, 0.5) is 0 Å². The normalized spacial score (nSPS) is 13.9. The molecule has 1 amide bonds. The van der Waals surface area contributed by atoms with Gasteiger partial charge in [0.1, 0.15) is 5.75 Å². The van der Waals surface area contributed by atoms with Gasteiger partial charge >= 0.3 is 0 Å². The first-order chi connectivity index (χ1) is 12.6. The fourth-order valence-electron chi connectivity index (χ4n) is 3.45. The zero-order valence-corrected chi connectivity index (χ0v) is 15.3. The van der Waals surface area contributed by atoms with Gasteiger partial charge in [-0.2, -0.15) is 5.10 Å². The van der Waals surface area contributed by atoms with E-state index in [0.717, 1.165) is 28.8 Å². The van der Waals surface area contributed by atoms with E-state index in [1.54, 1.807) is 19.5 Å². The van der Waals surface area contributed by atoms with E-state index in [-0.39, 0.29) is 11.9 Å². The van der Waals surface area contributed by atoms with Crippen molar-refractivity contribution in [2.24, 2.45) is 0 Å². The van der Waals surface area contributed by atoms with Gasteiger partial charge in [0, 0.05) is 30.7 Å². The number of aromatic nitrogens is 3. The summed E-state index contributed by atoms with van der Waals surface area (Å²) in [4.78, 5) is 19.3. The third-order valence-corrected chi connectivity index (χ3v) is 4.88. The van der Waals surface area contributed by atoms with Crippen molar-refractivity contribution >= 4 is 16.9 Å². The molecule has 3 aromatic rings. The molecule has 0 saturated heterocycles. The molecule has 0 unspecified atom stereocenters. The van der Waals surface area contributed by atoms with Gasteiger partial charge in [-0.05, 0) is 49.6 Å². The Bertz CT molecular complexity index is 977. The van der Waals surface area contributed by atoms with Crippen molar-refractivity contribution in [2.75, 3.05) is 13.7 Å². The first kappa shape index (κ1) is 16.6. The maximum Gasteiger partial charge on any atom is 0.255 e. The molecule has 1 aliphatic rings. The van der Waals surface area contributed by atoms with E-state index in [1.807, 2.05) is 27.8 Å². The van der Waals surface area contributed by atoms with Gasteiger partial charge in [0.05, 0.1) is 18.9 Å². The van der Waals surface area contributed by atoms with Crippen LogP contribution in [0.5, 0.6) is 5.75 Å². The second-order valence-electron chi connectivity index (χ2n) is 6.93. The van der Waals surface area contributed by atoms with E-state index in [9.17, 15) is 4.79 Å². The van der Waals surface area contributed by atoms with Crippen molar-refractivity contribution in [3.63, 3.8) is 0 Å². The van der Waals surface area contributed by atoms with E-state index >= 15 is 0 Å². The quantitative estimate of drug-likeness (QED) is 0.728. The number of carbonyl (C=O) groups excluding carboxylic acids is 1. The number of ether oxygens (including phenoxy) is 1. The average Bonchev–Trinajstić information content (AvgIpc) is 3.10. The van der Waals surface area contributed by atoms with Gasteiger partial charge in [-0.1, -0.05) is 6.07 Å². The number of rotatable bonds is 3. The standard InChI is InChI=1S/C20H22N4O2/c1-13(2)24-19-15(11-22-24)8-16(10-21-19)20(25)23-7-6-14-4-5-18(26-3)9-17(14)12-23/h4-5,8-11,13H,6-7,12H2,1-3H3. The lowest BCUT2D eigenvalue weighted by Crippen LogP contribution is -2.36. The molecule has 0 aliphatic carbocycles. The van der Waals surface area contributed by atoms with Gasteiger partial charge in [0.25, 0.3) is 5.91 Å². The third kappa shape index (κ3) is 2.81. The lowest BCUT2D eigenvalue weighted by atomic mass is 9.99. The molecule has 0 radical (unpaired) electrons. The summed E-state index contributed by atoms with van der Waals surface area (Å²) in [5.74, 6) is 0.826. The Morgan fingerprint density at radius 2 is 2.04 bits per heavy atom. The van der Waals surface area contributed by atoms with Crippen molar-refractivity contribution < 1.29 is 9.53 Å². The largest absolute Gasteiger partial charge is 0.497 e. The van der Waals surface area contributed by atoms with E-state index in [0.29, 0.717) is 18.7 Å². The van der Waals surface area contributed by atoms with E-state index in [4.69, 9.17) is 4.74 Å². The maximum absolute atomic E-state index is 13.0. The zero-order valence-electron chi connectivity index (χ0n) is 15.3. The van der Waals surface area contributed by atoms with Gasteiger partial charge < -0.3 is 9.64 Å². The van der Waals surface area contributed by atoms with Crippen molar-refractivity contribution in [3.05, 3.63) is 53.3 Å². The van der Waals surface area contributed by atoms with Crippen LogP contribution in [-0.4, -0.2) is 39.2 Å². The number of carbonyl (C=O) groups is 1. The summed E-state index contributed by atoms with van der Waals surface area (Å²) >= 11 is 0. The molecule has 1 aromatic carbocycles. The first-order valence-electron chi connectivity index (χ1n) is 8.85. The van der Waals surface area contributed by atoms with Crippen molar-refractivity contribution in [2.45, 2.75) is 32.9 Å². The molecular formula is C20H22N4O2. The summed E-state index contributed by atoms with van der Waals surface area (Å²) in [7, 11) is 1.66. The molecule has 0 atom stereocenters. The molecule has 0 bridgehead atoms. The molecule has 0 saturated carbocycles. The van der Waals surface area contributed by atoms with Crippen LogP contribution in [0.3, 0.4) is 0 Å². The summed E-state index contributed by atoms with van der Waals surface area (Å²) < 4.78 is 7.18. The van der Waals surface area contributed by atoms with Gasteiger partial charge in [-0.15, -0.1) is 0 Å². The molecule has 2 aromatic heterocycles. The molecule has 134 valence electrons. The Morgan fingerprint density at radius 1 is 1.19 bits per heavy atom. The highest BCUT2D eigenvalue weighted by atomic mass is 16.5. The number of methoxy groups -OCH3 is 1. The number of amides is 1. The molecule has 0 N–H and O–H groups in total. The third-order valence-electron chi connectivity index (χ3n) is 4.88. The van der Waals surface area contributed by atoms with Gasteiger partial charge in [-0.25, -0.2) is 9.67 Å². The highest BCUT2D eigenvalue weighted by Crippen LogP contribution is 2.25. The predicted molar refractivity (Wildman–Crippen MR) is 99.4 cm³/mol. The molecule has 6 nitrogen and oxygen atoms in total. The van der Waals surface area contributed by atoms with Gasteiger partial charge in [0.15, 0.2) is 5.65 Å². The zero-order chi connectivity index (χ0) is 18.3. The molecule has 4 rings (SSSR count). The molecule has 0 spiro atoms. The fraction of sp³-hybridized carbons (Fsp3) is 0.350. The van der Waals surface area contributed by atoms with Crippen LogP contribution in [0.25, 0.3) is 11.0 Å². The summed E-state index contributed by atoms with van der Waals surface area (Å²) in [6.45, 7) is 5.43. The van der Waals surface area contributed by atoms with Gasteiger partial charge in [-0.3, -0.25) is 4.79 Å². The number of hydrogen-bond acceptors (Lipinski definition) is 4. The summed E-state index contributed by atoms with van der Waals surface area (Å²) in [5, 5.41) is 5.26. The van der Waals surface area contributed by atoms with Crippen LogP contribution in [0.2, 0.25) is 0 Å². The maximum atomic E-state index is 13.0. The number of benzene rings is 1. The van der Waals surface area contributed by atoms with Crippen LogP contribution in [0.1, 0.15) is 41.4 Å². The molecule has 6 heteroatoms. The molecular weight excluding hydrogens is 328 g/mol. The number of fused-ring (bicyclic) bond motifs is 2. The van der Waals surface area contributed by atoms with E-state index < -0.39 is 0 Å². The van der Waals surface area contributed by atoms with Crippen LogP contribution < -0.4 is 4.74 Å². The molecule has 1 aliphatic heterocycles. The monoisotopic (exact) mass is 350 g/mol. The van der Waals surface area contributed by atoms with E-state index in [2.05, 4.69) is 30.0 Å². The fourth-order valence-corrected chi connectivity index (χ4v) is 3.45. The Kier molecular flexibility index (Phi) is 4.11. The second kappa shape index (κ2) is 6.44. The van der Waals surface area contributed by atoms with Crippen molar-refractivity contribution in [1.82, 2.24) is 19.7 Å². The highest BCUT2D eigenvalue weighted by Gasteiger charge is 2.23. The van der Waals surface area contributed by atoms with Crippen molar-refractivity contribution in [3.8, 4) is 5.75 Å². The van der Waals surface area contributed by atoms with E-state index in [1.165, 1.54) is 5.56 Å². The van der Waals surface area contributed by atoms with Gasteiger partial charge in [0.2, 0.25) is 0 Å². The van der Waals surface area contributed by atoms with Crippen LogP contribution in [-0.2, 0) is 13.0 Å². The Balaban J connectivity index is 1.60. The summed E-state index contributed by atoms with van der Waals surface area (Å²) in [6.07, 6.45) is 4.29. The number of pyridine rings is 1. The topological polar surface area (TPSA) is 60.2 Å². The molecule has 3 heterocycles. The van der Waals surface area contributed by atoms with Crippen molar-refractivity contribution in [1.29, 1.82) is 0 Å². The highest BCUT2D eigenvalue weighted by molar-refractivity contribution is 5.97. The van der Waals surface area contributed by atoms with Crippen LogP contribution in [0.15, 0.2) is 36.7 Å². The number of hydrogen-bond donors (Lipinski definition) is 0. The predicted octanol–water partition coefficient (Wildman–Crippen LogP) is 3.22. The second-order valence-corrected chi connectivity index (χ2v) is 6.93. The summed E-state index contributed by atoms with van der Waals surface area (Å²) in [5.41, 5.74) is 3.84. The molecule has 26 heavy (non-hydrogen) atoms. The lowest BCUT2D eigenvalue weighted by molar-refractivity contribution is 0.0734. The Hall–Kier alpha value is -2.89. The minimum atomic E-state index is 0.00478. The smallest absolute Gasteiger partial charge is 0.255 e. The molecule has 0 fully saturated rings. The minimum absolute atomic E-state index is 0.00478. The summed E-state index contributed by atoms with van der Waals surface area (Å²) in [6, 6.07) is 8.19. The SMILES string of the molecule is COc1ccc2c(c1)CN(C(=O)c1cnc3c(cnn3C(C)C)c1)CC2. The minimum Gasteiger partial charge on any atom is -0.497 e. The Labute approximate surface area is 152 Å². The first-order valence-corrected chi connectivity index (χ1v) is 8.85. The Morgan fingerprint density at radius 3 is 2.81 bits per heavy atom. The van der Waals surface area contributed by atoms with Crippen LogP contribution in [0, 0.1) is 0 Å².